The Morgan fingerprint density at radius 3 is 2.55 bits per heavy atom. The third kappa shape index (κ3) is 5.39. The van der Waals surface area contributed by atoms with E-state index >= 15 is 0 Å². The summed E-state index contributed by atoms with van der Waals surface area (Å²) in [6, 6.07) is 17.0. The van der Waals surface area contributed by atoms with Crippen molar-refractivity contribution < 1.29 is 14.3 Å². The number of ether oxygens (including phenoxy) is 2. The number of carbonyl (C=O) groups excluding carboxylic acids is 1. The van der Waals surface area contributed by atoms with Gasteiger partial charge >= 0.3 is 5.97 Å². The molecule has 1 atom stereocenters. The van der Waals surface area contributed by atoms with Gasteiger partial charge in [0.25, 0.3) is 0 Å². The van der Waals surface area contributed by atoms with Crippen molar-refractivity contribution in [2.45, 2.75) is 19.1 Å². The minimum absolute atomic E-state index is 0. The SMILES string of the molecule is COC(=O)C[C@@H](N)c1cccc(OCc2ccccc2)c1.Cl. The third-order valence-electron chi connectivity index (χ3n) is 3.15. The molecule has 2 aromatic rings. The highest BCUT2D eigenvalue weighted by atomic mass is 35.5. The van der Waals surface area contributed by atoms with E-state index in [-0.39, 0.29) is 24.8 Å². The van der Waals surface area contributed by atoms with Gasteiger partial charge in [-0.25, -0.2) is 0 Å². The second-order valence-corrected chi connectivity index (χ2v) is 4.73. The van der Waals surface area contributed by atoms with Crippen LogP contribution < -0.4 is 10.5 Å². The van der Waals surface area contributed by atoms with E-state index in [1.165, 1.54) is 7.11 Å². The molecule has 0 bridgehead atoms. The summed E-state index contributed by atoms with van der Waals surface area (Å²) in [7, 11) is 1.36. The van der Waals surface area contributed by atoms with Crippen molar-refractivity contribution in [1.29, 1.82) is 0 Å². The predicted molar refractivity (Wildman–Crippen MR) is 88.0 cm³/mol. The van der Waals surface area contributed by atoms with Crippen LogP contribution in [0.15, 0.2) is 54.6 Å². The molecule has 118 valence electrons. The molecule has 0 aliphatic rings. The van der Waals surface area contributed by atoms with Crippen molar-refractivity contribution in [3.8, 4) is 5.75 Å². The number of carbonyl (C=O) groups is 1. The van der Waals surface area contributed by atoms with Gasteiger partial charge in [0.1, 0.15) is 12.4 Å². The number of esters is 1. The Hall–Kier alpha value is -2.04. The number of halogens is 1. The Morgan fingerprint density at radius 2 is 1.86 bits per heavy atom. The van der Waals surface area contributed by atoms with Crippen LogP contribution in [0.4, 0.5) is 0 Å². The van der Waals surface area contributed by atoms with Gasteiger partial charge in [0.2, 0.25) is 0 Å². The van der Waals surface area contributed by atoms with Gasteiger partial charge in [-0.05, 0) is 23.3 Å². The van der Waals surface area contributed by atoms with Crippen LogP contribution in [0.1, 0.15) is 23.6 Å². The standard InChI is InChI=1S/C17H19NO3.ClH/c1-20-17(19)11-16(18)14-8-5-9-15(10-14)21-12-13-6-3-2-4-7-13;/h2-10,16H,11-12,18H2,1H3;1H/t16-;/m1./s1. The van der Waals surface area contributed by atoms with Gasteiger partial charge in [0, 0.05) is 6.04 Å². The maximum absolute atomic E-state index is 11.3. The summed E-state index contributed by atoms with van der Waals surface area (Å²) in [6.07, 6.45) is 0.151. The second-order valence-electron chi connectivity index (χ2n) is 4.73. The first kappa shape index (κ1) is 18.0. The molecular formula is C17H20ClNO3. The fourth-order valence-corrected chi connectivity index (χ4v) is 1.96. The van der Waals surface area contributed by atoms with Crippen LogP contribution in [-0.2, 0) is 16.1 Å². The van der Waals surface area contributed by atoms with Gasteiger partial charge in [-0.2, -0.15) is 0 Å². The van der Waals surface area contributed by atoms with Gasteiger partial charge in [-0.1, -0.05) is 42.5 Å². The fraction of sp³-hybridized carbons (Fsp3) is 0.235. The van der Waals surface area contributed by atoms with E-state index in [9.17, 15) is 4.79 Å². The zero-order chi connectivity index (χ0) is 15.1. The highest BCUT2D eigenvalue weighted by Crippen LogP contribution is 2.21. The molecule has 2 aromatic carbocycles. The third-order valence-corrected chi connectivity index (χ3v) is 3.15. The van der Waals surface area contributed by atoms with Crippen molar-refractivity contribution in [3.05, 3.63) is 65.7 Å². The van der Waals surface area contributed by atoms with Crippen LogP contribution in [0.3, 0.4) is 0 Å². The molecule has 0 spiro atoms. The maximum atomic E-state index is 11.3. The smallest absolute Gasteiger partial charge is 0.307 e. The average Bonchev–Trinajstić information content (AvgIpc) is 2.54. The van der Waals surface area contributed by atoms with Crippen molar-refractivity contribution in [3.63, 3.8) is 0 Å². The van der Waals surface area contributed by atoms with Crippen LogP contribution in [-0.4, -0.2) is 13.1 Å². The molecule has 0 aliphatic carbocycles. The Morgan fingerprint density at radius 1 is 1.14 bits per heavy atom. The van der Waals surface area contributed by atoms with Crippen molar-refractivity contribution >= 4 is 18.4 Å². The number of methoxy groups -OCH3 is 1. The lowest BCUT2D eigenvalue weighted by molar-refractivity contribution is -0.141. The Labute approximate surface area is 136 Å². The molecule has 2 N–H and O–H groups in total. The molecule has 0 aromatic heterocycles. The number of nitrogens with two attached hydrogens (primary N) is 1. The van der Waals surface area contributed by atoms with E-state index in [4.69, 9.17) is 10.5 Å². The lowest BCUT2D eigenvalue weighted by atomic mass is 10.0. The zero-order valence-electron chi connectivity index (χ0n) is 12.4. The van der Waals surface area contributed by atoms with Gasteiger partial charge < -0.3 is 15.2 Å². The number of benzene rings is 2. The van der Waals surface area contributed by atoms with Gasteiger partial charge in [0.15, 0.2) is 0 Å². The average molecular weight is 322 g/mol. The second kappa shape index (κ2) is 9.07. The molecule has 0 saturated heterocycles. The maximum Gasteiger partial charge on any atom is 0.307 e. The van der Waals surface area contributed by atoms with Crippen LogP contribution in [0.25, 0.3) is 0 Å². The summed E-state index contributed by atoms with van der Waals surface area (Å²) in [5.41, 5.74) is 7.94. The summed E-state index contributed by atoms with van der Waals surface area (Å²) < 4.78 is 10.4. The van der Waals surface area contributed by atoms with E-state index in [2.05, 4.69) is 4.74 Å². The first-order valence-corrected chi connectivity index (χ1v) is 6.78. The van der Waals surface area contributed by atoms with E-state index in [1.54, 1.807) is 0 Å². The number of rotatable bonds is 6. The first-order chi connectivity index (χ1) is 10.2. The summed E-state index contributed by atoms with van der Waals surface area (Å²) in [5, 5.41) is 0. The van der Waals surface area contributed by atoms with Crippen molar-refractivity contribution in [2.75, 3.05) is 7.11 Å². The summed E-state index contributed by atoms with van der Waals surface area (Å²) >= 11 is 0. The molecule has 0 fully saturated rings. The van der Waals surface area contributed by atoms with Crippen LogP contribution in [0.2, 0.25) is 0 Å². The molecule has 0 unspecified atom stereocenters. The molecular weight excluding hydrogens is 302 g/mol. The molecule has 0 saturated carbocycles. The largest absolute Gasteiger partial charge is 0.489 e. The minimum Gasteiger partial charge on any atom is -0.489 e. The number of hydrogen-bond donors (Lipinski definition) is 1. The summed E-state index contributed by atoms with van der Waals surface area (Å²) in [4.78, 5) is 11.3. The first-order valence-electron chi connectivity index (χ1n) is 6.78. The van der Waals surface area contributed by atoms with Crippen LogP contribution in [0, 0.1) is 0 Å². The normalized spacial score (nSPS) is 11.2. The number of hydrogen-bond acceptors (Lipinski definition) is 4. The molecule has 5 heteroatoms. The highest BCUT2D eigenvalue weighted by molar-refractivity contribution is 5.85. The zero-order valence-corrected chi connectivity index (χ0v) is 13.2. The highest BCUT2D eigenvalue weighted by Gasteiger charge is 2.12. The molecule has 2 rings (SSSR count). The Kier molecular flexibility index (Phi) is 7.43. The lowest BCUT2D eigenvalue weighted by Crippen LogP contribution is -2.16. The van der Waals surface area contributed by atoms with Gasteiger partial charge in [-0.15, -0.1) is 12.4 Å². The Balaban J connectivity index is 0.00000242. The van der Waals surface area contributed by atoms with Crippen molar-refractivity contribution in [2.24, 2.45) is 5.73 Å². The van der Waals surface area contributed by atoms with E-state index in [0.29, 0.717) is 6.61 Å². The monoisotopic (exact) mass is 321 g/mol. The molecule has 22 heavy (non-hydrogen) atoms. The minimum atomic E-state index is -0.391. The molecule has 0 aliphatic heterocycles. The van der Waals surface area contributed by atoms with Crippen LogP contribution in [0.5, 0.6) is 5.75 Å². The summed E-state index contributed by atoms with van der Waals surface area (Å²) in [6.45, 7) is 0.497. The molecule has 0 amide bonds. The molecule has 0 radical (unpaired) electrons. The lowest BCUT2D eigenvalue weighted by Gasteiger charge is -2.13. The predicted octanol–water partition coefficient (Wildman–Crippen LogP) is 3.25. The van der Waals surface area contributed by atoms with E-state index in [0.717, 1.165) is 16.9 Å². The fourth-order valence-electron chi connectivity index (χ4n) is 1.96. The topological polar surface area (TPSA) is 61.5 Å². The van der Waals surface area contributed by atoms with Crippen LogP contribution >= 0.6 is 12.4 Å². The molecule has 4 nitrogen and oxygen atoms in total. The Bertz CT molecular complexity index is 589. The van der Waals surface area contributed by atoms with Gasteiger partial charge in [0.05, 0.1) is 13.5 Å². The van der Waals surface area contributed by atoms with Gasteiger partial charge in [-0.3, -0.25) is 4.79 Å². The van der Waals surface area contributed by atoms with E-state index in [1.807, 2.05) is 54.6 Å². The molecule has 0 heterocycles. The summed E-state index contributed by atoms with van der Waals surface area (Å²) in [5.74, 6) is 0.412. The quantitative estimate of drug-likeness (QED) is 0.830. The van der Waals surface area contributed by atoms with Crippen molar-refractivity contribution in [1.82, 2.24) is 0 Å². The van der Waals surface area contributed by atoms with E-state index < -0.39 is 6.04 Å².